The Morgan fingerprint density at radius 3 is 2.65 bits per heavy atom. The van der Waals surface area contributed by atoms with Gasteiger partial charge < -0.3 is 14.2 Å². The molecule has 0 N–H and O–H groups in total. The minimum absolute atomic E-state index is 0.128. The van der Waals surface area contributed by atoms with Crippen LogP contribution in [0.4, 0.5) is 0 Å². The molecule has 31 heavy (non-hydrogen) atoms. The zero-order valence-electron chi connectivity index (χ0n) is 19.4. The molecule has 0 amide bonds. The van der Waals surface area contributed by atoms with E-state index in [1.165, 1.54) is 12.0 Å². The molecule has 4 saturated heterocycles. The number of benzene rings is 1. The zero-order valence-corrected chi connectivity index (χ0v) is 19.4. The van der Waals surface area contributed by atoms with Gasteiger partial charge >= 0.3 is 0 Å². The highest BCUT2D eigenvalue weighted by atomic mass is 17.3. The van der Waals surface area contributed by atoms with Gasteiger partial charge in [-0.05, 0) is 56.4 Å². The lowest BCUT2D eigenvalue weighted by molar-refractivity contribution is -0.578. The van der Waals surface area contributed by atoms with Crippen molar-refractivity contribution in [3.8, 4) is 0 Å². The number of rotatable bonds is 6. The van der Waals surface area contributed by atoms with Crippen LogP contribution in [0.3, 0.4) is 0 Å². The highest BCUT2D eigenvalue weighted by molar-refractivity contribution is 5.15. The third-order valence-corrected chi connectivity index (χ3v) is 8.34. The van der Waals surface area contributed by atoms with Gasteiger partial charge in [-0.1, -0.05) is 57.5 Å². The van der Waals surface area contributed by atoms with Gasteiger partial charge in [0.2, 0.25) is 5.79 Å². The molecule has 5 fully saturated rings. The Balaban J connectivity index is 1.40. The van der Waals surface area contributed by atoms with Crippen molar-refractivity contribution in [1.29, 1.82) is 0 Å². The van der Waals surface area contributed by atoms with Gasteiger partial charge in [-0.3, -0.25) is 0 Å². The van der Waals surface area contributed by atoms with E-state index < -0.39 is 17.7 Å². The van der Waals surface area contributed by atoms with E-state index >= 15 is 0 Å². The van der Waals surface area contributed by atoms with E-state index in [1.54, 1.807) is 0 Å². The van der Waals surface area contributed by atoms with E-state index in [4.69, 9.17) is 24.0 Å². The summed E-state index contributed by atoms with van der Waals surface area (Å²) in [7, 11) is 0. The molecule has 4 heterocycles. The fraction of sp³-hybridized carbons (Fsp3) is 0.769. The van der Waals surface area contributed by atoms with Crippen LogP contribution in [0.25, 0.3) is 0 Å². The lowest BCUT2D eigenvalue weighted by Crippen LogP contribution is -2.70. The van der Waals surface area contributed by atoms with Crippen molar-refractivity contribution in [2.24, 2.45) is 23.7 Å². The molecule has 2 bridgehead atoms. The van der Waals surface area contributed by atoms with Crippen LogP contribution < -0.4 is 0 Å². The third kappa shape index (κ3) is 3.76. The molecule has 5 nitrogen and oxygen atoms in total. The van der Waals surface area contributed by atoms with Crippen LogP contribution in [0.1, 0.15) is 71.8 Å². The monoisotopic (exact) mass is 430 g/mol. The molecule has 1 saturated carbocycles. The molecule has 1 aromatic carbocycles. The lowest BCUT2D eigenvalue weighted by Gasteiger charge is -2.60. The van der Waals surface area contributed by atoms with Crippen molar-refractivity contribution in [2.75, 3.05) is 0 Å². The Hall–Kier alpha value is -0.980. The molecule has 1 aliphatic carbocycles. The normalized spacial score (nSPS) is 45.0. The van der Waals surface area contributed by atoms with E-state index in [0.717, 1.165) is 38.5 Å². The Morgan fingerprint density at radius 1 is 1.06 bits per heavy atom. The number of fused-ring (bicyclic) bond motifs is 2. The lowest BCUT2D eigenvalue weighted by atomic mass is 9.58. The third-order valence-electron chi connectivity index (χ3n) is 8.34. The summed E-state index contributed by atoms with van der Waals surface area (Å²) >= 11 is 0. The maximum absolute atomic E-state index is 6.69. The molecule has 172 valence electrons. The first-order valence-corrected chi connectivity index (χ1v) is 12.3. The highest BCUT2D eigenvalue weighted by Gasteiger charge is 2.69. The van der Waals surface area contributed by atoms with E-state index in [2.05, 4.69) is 51.1 Å². The first kappa shape index (κ1) is 21.8. The van der Waals surface area contributed by atoms with Gasteiger partial charge in [0.15, 0.2) is 18.2 Å². The van der Waals surface area contributed by atoms with Crippen LogP contribution in [-0.2, 0) is 30.4 Å². The average molecular weight is 431 g/mol. The largest absolute Gasteiger partial charge is 0.349 e. The zero-order chi connectivity index (χ0) is 21.6. The molecule has 0 aromatic heterocycles. The van der Waals surface area contributed by atoms with Gasteiger partial charge in [0.1, 0.15) is 0 Å². The predicted octanol–water partition coefficient (Wildman–Crippen LogP) is 5.62. The van der Waals surface area contributed by atoms with Crippen LogP contribution >= 0.6 is 0 Å². The molecule has 5 heteroatoms. The van der Waals surface area contributed by atoms with Crippen molar-refractivity contribution in [1.82, 2.24) is 0 Å². The maximum Gasteiger partial charge on any atom is 0.201 e. The Kier molecular flexibility index (Phi) is 5.93. The van der Waals surface area contributed by atoms with Crippen molar-refractivity contribution >= 4 is 0 Å². The molecular weight excluding hydrogens is 392 g/mol. The first-order valence-electron chi connectivity index (χ1n) is 12.3. The van der Waals surface area contributed by atoms with Crippen molar-refractivity contribution in [3.63, 3.8) is 0 Å². The Morgan fingerprint density at radius 2 is 1.87 bits per heavy atom. The fourth-order valence-corrected chi connectivity index (χ4v) is 6.63. The van der Waals surface area contributed by atoms with Crippen molar-refractivity contribution in [2.45, 2.75) is 103 Å². The number of hydrogen-bond acceptors (Lipinski definition) is 5. The topological polar surface area (TPSA) is 46.2 Å². The molecule has 6 rings (SSSR count). The van der Waals surface area contributed by atoms with Gasteiger partial charge in [-0.25, -0.2) is 9.78 Å². The molecule has 1 aromatic rings. The minimum Gasteiger partial charge on any atom is -0.349 e. The summed E-state index contributed by atoms with van der Waals surface area (Å²) in [6, 6.07) is 10.6. The second-order valence-electron chi connectivity index (χ2n) is 10.5. The quantitative estimate of drug-likeness (QED) is 0.548. The van der Waals surface area contributed by atoms with E-state index in [-0.39, 0.29) is 18.3 Å². The highest BCUT2D eigenvalue weighted by Crippen LogP contribution is 2.60. The predicted molar refractivity (Wildman–Crippen MR) is 117 cm³/mol. The van der Waals surface area contributed by atoms with Crippen LogP contribution in [0.5, 0.6) is 0 Å². The van der Waals surface area contributed by atoms with Crippen LogP contribution in [0.15, 0.2) is 30.3 Å². The van der Waals surface area contributed by atoms with Crippen LogP contribution in [0.2, 0.25) is 0 Å². The molecule has 1 unspecified atom stereocenters. The molecule has 4 aliphatic heterocycles. The SMILES string of the molecule is CCC[C@@H](Cc1ccccc1)O[C@H]1O[C@@H]2OC3(C)CC[C@H]4[C@H](C)CC[C@@H]([C@H]1C)[C@@]24OO3. The summed E-state index contributed by atoms with van der Waals surface area (Å²) in [6.45, 7) is 8.81. The van der Waals surface area contributed by atoms with E-state index in [9.17, 15) is 0 Å². The van der Waals surface area contributed by atoms with Crippen molar-refractivity contribution in [3.05, 3.63) is 35.9 Å². The van der Waals surface area contributed by atoms with Crippen LogP contribution in [-0.4, -0.2) is 30.1 Å². The van der Waals surface area contributed by atoms with Gasteiger partial charge in [0, 0.05) is 18.3 Å². The Labute approximate surface area is 186 Å². The fourth-order valence-electron chi connectivity index (χ4n) is 6.63. The summed E-state index contributed by atoms with van der Waals surface area (Å²) in [6.07, 6.45) is 6.60. The van der Waals surface area contributed by atoms with Gasteiger partial charge in [0.25, 0.3) is 0 Å². The van der Waals surface area contributed by atoms with Crippen molar-refractivity contribution < 1.29 is 24.0 Å². The van der Waals surface area contributed by atoms with E-state index in [0.29, 0.717) is 17.8 Å². The number of hydrogen-bond donors (Lipinski definition) is 0. The summed E-state index contributed by atoms with van der Waals surface area (Å²) in [5.41, 5.74) is 0.786. The van der Waals surface area contributed by atoms with Gasteiger partial charge in [-0.15, -0.1) is 0 Å². The first-order chi connectivity index (χ1) is 14.9. The molecule has 5 aliphatic rings. The minimum atomic E-state index is -0.741. The summed E-state index contributed by atoms with van der Waals surface area (Å²) in [5.74, 6) is 0.746. The smallest absolute Gasteiger partial charge is 0.201 e. The summed E-state index contributed by atoms with van der Waals surface area (Å²) in [5, 5.41) is 0. The Bertz CT molecular complexity index is 755. The summed E-state index contributed by atoms with van der Waals surface area (Å²) in [4.78, 5) is 12.2. The molecular formula is C26H38O5. The second kappa shape index (κ2) is 8.42. The molecule has 1 spiro atoms. The van der Waals surface area contributed by atoms with E-state index in [1.807, 2.05) is 6.92 Å². The second-order valence-corrected chi connectivity index (χ2v) is 10.5. The van der Waals surface area contributed by atoms with Gasteiger partial charge in [0.05, 0.1) is 6.10 Å². The van der Waals surface area contributed by atoms with Gasteiger partial charge in [-0.2, -0.15) is 0 Å². The van der Waals surface area contributed by atoms with Crippen LogP contribution in [0, 0.1) is 23.7 Å². The maximum atomic E-state index is 6.69. The standard InChI is InChI=1S/C26H38O5/c1-5-9-20(16-19-10-7-6-8-11-19)27-23-18(3)22-13-12-17(2)21-14-15-25(4)29-24(28-23)26(21,22)31-30-25/h6-8,10-11,17-18,20-24H,5,9,12-16H2,1-4H3/t17-,18-,20+,21+,22+,23+,24-,25?,26-/m1/s1. The summed E-state index contributed by atoms with van der Waals surface area (Å²) < 4.78 is 19.8. The molecule has 0 radical (unpaired) electrons. The number of ether oxygens (including phenoxy) is 3. The molecule has 9 atom stereocenters. The average Bonchev–Trinajstić information content (AvgIpc) is 2.99.